The predicted octanol–water partition coefficient (Wildman–Crippen LogP) is 1.45. The van der Waals surface area contributed by atoms with Crippen molar-refractivity contribution in [2.75, 3.05) is 20.3 Å². The minimum atomic E-state index is 0.721. The maximum Gasteiger partial charge on any atom is 0.105 e. The van der Waals surface area contributed by atoms with Gasteiger partial charge in [0.05, 0.1) is 24.9 Å². The lowest BCUT2D eigenvalue weighted by Crippen LogP contribution is -2.18. The molecule has 0 spiro atoms. The van der Waals surface area contributed by atoms with E-state index in [0.29, 0.717) is 0 Å². The van der Waals surface area contributed by atoms with Gasteiger partial charge in [-0.3, -0.25) is 0 Å². The second-order valence-electron chi connectivity index (χ2n) is 4.10. The van der Waals surface area contributed by atoms with Gasteiger partial charge in [0.1, 0.15) is 5.76 Å². The van der Waals surface area contributed by atoms with E-state index < -0.39 is 0 Å². The number of hydrogen-bond acceptors (Lipinski definition) is 4. The van der Waals surface area contributed by atoms with Crippen molar-refractivity contribution in [1.29, 1.82) is 0 Å². The van der Waals surface area contributed by atoms with Crippen LogP contribution in [0.2, 0.25) is 0 Å². The summed E-state index contributed by atoms with van der Waals surface area (Å²) in [5.74, 6) is 1.00. The van der Waals surface area contributed by atoms with Gasteiger partial charge in [-0.1, -0.05) is 0 Å². The van der Waals surface area contributed by atoms with Gasteiger partial charge < -0.3 is 19.0 Å². The fourth-order valence-electron chi connectivity index (χ4n) is 1.70. The quantitative estimate of drug-likeness (QED) is 0.720. The van der Waals surface area contributed by atoms with Crippen molar-refractivity contribution in [3.63, 3.8) is 0 Å². The van der Waals surface area contributed by atoms with Gasteiger partial charge in [-0.25, -0.2) is 4.98 Å². The molecule has 98 valence electrons. The van der Waals surface area contributed by atoms with Gasteiger partial charge in [-0.05, 0) is 12.1 Å². The maximum atomic E-state index is 5.29. The fourth-order valence-corrected chi connectivity index (χ4v) is 1.70. The van der Waals surface area contributed by atoms with Crippen LogP contribution in [0.5, 0.6) is 0 Å². The van der Waals surface area contributed by atoms with Crippen LogP contribution >= 0.6 is 0 Å². The summed E-state index contributed by atoms with van der Waals surface area (Å²) in [6, 6.07) is 3.90. The first-order valence-corrected chi connectivity index (χ1v) is 6.11. The van der Waals surface area contributed by atoms with Gasteiger partial charge >= 0.3 is 0 Å². The Morgan fingerprint density at radius 3 is 3.22 bits per heavy atom. The monoisotopic (exact) mass is 249 g/mol. The van der Waals surface area contributed by atoms with E-state index >= 15 is 0 Å². The van der Waals surface area contributed by atoms with Crippen molar-refractivity contribution in [3.8, 4) is 0 Å². The average molecular weight is 249 g/mol. The van der Waals surface area contributed by atoms with Crippen LogP contribution in [-0.4, -0.2) is 29.8 Å². The normalized spacial score (nSPS) is 10.9. The van der Waals surface area contributed by atoms with E-state index in [1.54, 1.807) is 13.4 Å². The molecule has 0 amide bonds. The molecule has 5 heteroatoms. The van der Waals surface area contributed by atoms with E-state index in [4.69, 9.17) is 9.15 Å². The molecule has 18 heavy (non-hydrogen) atoms. The van der Waals surface area contributed by atoms with Crippen LogP contribution in [0.1, 0.15) is 11.5 Å². The zero-order valence-corrected chi connectivity index (χ0v) is 10.6. The summed E-state index contributed by atoms with van der Waals surface area (Å²) in [6.45, 7) is 3.23. The molecule has 0 unspecified atom stereocenters. The number of ether oxygens (including phenoxy) is 1. The third-order valence-corrected chi connectivity index (χ3v) is 2.67. The number of nitrogens with one attached hydrogen (secondary N) is 1. The third kappa shape index (κ3) is 4.01. The minimum absolute atomic E-state index is 0.721. The summed E-state index contributed by atoms with van der Waals surface area (Å²) in [4.78, 5) is 4.34. The molecule has 0 atom stereocenters. The van der Waals surface area contributed by atoms with Crippen LogP contribution in [-0.2, 0) is 24.2 Å². The standard InChI is InChI=1S/C13H19N3O2/c1-17-8-5-14-9-12-10-16(11-15-12)6-4-13-3-2-7-18-13/h2-3,7,10-11,14H,4-6,8-9H2,1H3. The molecule has 5 nitrogen and oxygen atoms in total. The SMILES string of the molecule is COCCNCc1cn(CCc2ccco2)cn1. The zero-order valence-electron chi connectivity index (χ0n) is 10.6. The summed E-state index contributed by atoms with van der Waals surface area (Å²) in [6.07, 6.45) is 6.51. The van der Waals surface area contributed by atoms with Crippen LogP contribution in [0, 0.1) is 0 Å². The Bertz CT molecular complexity index is 437. The molecule has 0 aliphatic heterocycles. The van der Waals surface area contributed by atoms with Crippen molar-refractivity contribution in [3.05, 3.63) is 42.4 Å². The molecule has 2 rings (SSSR count). The first-order chi connectivity index (χ1) is 8.88. The highest BCUT2D eigenvalue weighted by Gasteiger charge is 2.00. The van der Waals surface area contributed by atoms with Gasteiger partial charge in [0.2, 0.25) is 0 Å². The molecule has 2 aromatic rings. The Kier molecular flexibility index (Phi) is 4.99. The topological polar surface area (TPSA) is 52.2 Å². The average Bonchev–Trinajstić information content (AvgIpc) is 3.03. The maximum absolute atomic E-state index is 5.29. The van der Waals surface area contributed by atoms with Crippen LogP contribution in [0.15, 0.2) is 35.3 Å². The van der Waals surface area contributed by atoms with E-state index in [-0.39, 0.29) is 0 Å². The van der Waals surface area contributed by atoms with Crippen molar-refractivity contribution < 1.29 is 9.15 Å². The van der Waals surface area contributed by atoms with Crippen molar-refractivity contribution in [2.45, 2.75) is 19.5 Å². The molecular weight excluding hydrogens is 230 g/mol. The minimum Gasteiger partial charge on any atom is -0.469 e. The molecule has 2 heterocycles. The molecule has 0 fully saturated rings. The van der Waals surface area contributed by atoms with E-state index in [1.807, 2.05) is 18.5 Å². The van der Waals surface area contributed by atoms with Crippen LogP contribution < -0.4 is 5.32 Å². The number of methoxy groups -OCH3 is 1. The van der Waals surface area contributed by atoms with Crippen LogP contribution in [0.25, 0.3) is 0 Å². The second-order valence-corrected chi connectivity index (χ2v) is 4.10. The fraction of sp³-hybridized carbons (Fsp3) is 0.462. The van der Waals surface area contributed by atoms with E-state index in [1.165, 1.54) is 0 Å². The highest BCUT2D eigenvalue weighted by molar-refractivity contribution is 5.00. The van der Waals surface area contributed by atoms with Crippen molar-refractivity contribution in [1.82, 2.24) is 14.9 Å². The first-order valence-electron chi connectivity index (χ1n) is 6.11. The lowest BCUT2D eigenvalue weighted by Gasteiger charge is -2.01. The number of aromatic nitrogens is 2. The Morgan fingerprint density at radius 2 is 2.44 bits per heavy atom. The molecule has 0 saturated carbocycles. The number of furan rings is 1. The molecule has 0 saturated heterocycles. The Hall–Kier alpha value is -1.59. The smallest absolute Gasteiger partial charge is 0.105 e. The van der Waals surface area contributed by atoms with E-state index in [0.717, 1.165) is 44.1 Å². The summed E-state index contributed by atoms with van der Waals surface area (Å²) >= 11 is 0. The lowest BCUT2D eigenvalue weighted by molar-refractivity contribution is 0.199. The third-order valence-electron chi connectivity index (χ3n) is 2.67. The van der Waals surface area contributed by atoms with Gasteiger partial charge in [0.15, 0.2) is 0 Å². The molecule has 0 aromatic carbocycles. The van der Waals surface area contributed by atoms with Gasteiger partial charge in [-0.2, -0.15) is 0 Å². The van der Waals surface area contributed by atoms with Gasteiger partial charge in [0, 0.05) is 39.4 Å². The highest BCUT2D eigenvalue weighted by atomic mass is 16.5. The van der Waals surface area contributed by atoms with Gasteiger partial charge in [0.25, 0.3) is 0 Å². The second kappa shape index (κ2) is 6.98. The number of rotatable bonds is 8. The molecule has 0 aliphatic rings. The summed E-state index contributed by atoms with van der Waals surface area (Å²) < 4.78 is 12.3. The number of imidazole rings is 1. The van der Waals surface area contributed by atoms with E-state index in [2.05, 4.69) is 21.1 Å². The molecule has 2 aromatic heterocycles. The van der Waals surface area contributed by atoms with Crippen molar-refractivity contribution in [2.24, 2.45) is 0 Å². The number of nitrogens with zero attached hydrogens (tertiary/aromatic N) is 2. The zero-order chi connectivity index (χ0) is 12.6. The molecular formula is C13H19N3O2. The number of hydrogen-bond donors (Lipinski definition) is 1. The Labute approximate surface area is 107 Å². The molecule has 1 N–H and O–H groups in total. The first kappa shape index (κ1) is 12.9. The van der Waals surface area contributed by atoms with Crippen LogP contribution in [0.4, 0.5) is 0 Å². The summed E-state index contributed by atoms with van der Waals surface area (Å²) in [7, 11) is 1.70. The highest BCUT2D eigenvalue weighted by Crippen LogP contribution is 2.03. The Balaban J connectivity index is 1.72. The summed E-state index contributed by atoms with van der Waals surface area (Å²) in [5, 5.41) is 3.27. The number of aryl methyl sites for hydroxylation is 2. The predicted molar refractivity (Wildman–Crippen MR) is 68.2 cm³/mol. The van der Waals surface area contributed by atoms with Gasteiger partial charge in [-0.15, -0.1) is 0 Å². The summed E-state index contributed by atoms with van der Waals surface area (Å²) in [5.41, 5.74) is 1.05. The van der Waals surface area contributed by atoms with Crippen LogP contribution in [0.3, 0.4) is 0 Å². The molecule has 0 radical (unpaired) electrons. The molecule has 0 bridgehead atoms. The van der Waals surface area contributed by atoms with E-state index in [9.17, 15) is 0 Å². The molecule has 0 aliphatic carbocycles. The Morgan fingerprint density at radius 1 is 1.50 bits per heavy atom. The largest absolute Gasteiger partial charge is 0.469 e. The van der Waals surface area contributed by atoms with Crippen molar-refractivity contribution >= 4 is 0 Å². The lowest BCUT2D eigenvalue weighted by atomic mass is 10.3.